The molecule has 0 bridgehead atoms. The van der Waals surface area contributed by atoms with Crippen molar-refractivity contribution in [2.45, 2.75) is 6.92 Å². The SMILES string of the molecule is Cc1ccnc2nc(C(=O)OCCOc3cccc4ccccc34)nn12. The van der Waals surface area contributed by atoms with Crippen molar-refractivity contribution in [2.75, 3.05) is 13.2 Å². The molecule has 0 unspecified atom stereocenters. The number of hydrogen-bond acceptors (Lipinski definition) is 6. The van der Waals surface area contributed by atoms with E-state index in [1.54, 1.807) is 12.3 Å². The normalized spacial score (nSPS) is 11.0. The third kappa shape index (κ3) is 3.06. The summed E-state index contributed by atoms with van der Waals surface area (Å²) in [7, 11) is 0. The summed E-state index contributed by atoms with van der Waals surface area (Å²) in [5, 5.41) is 6.23. The fourth-order valence-corrected chi connectivity index (χ4v) is 2.67. The molecule has 2 aromatic heterocycles. The summed E-state index contributed by atoms with van der Waals surface area (Å²) in [6, 6.07) is 15.6. The van der Waals surface area contributed by atoms with E-state index in [0.29, 0.717) is 5.78 Å². The summed E-state index contributed by atoms with van der Waals surface area (Å²) in [5.41, 5.74) is 0.834. The van der Waals surface area contributed by atoms with Crippen molar-refractivity contribution in [3.05, 3.63) is 66.2 Å². The van der Waals surface area contributed by atoms with E-state index in [4.69, 9.17) is 9.47 Å². The van der Waals surface area contributed by atoms with Gasteiger partial charge in [0.15, 0.2) is 0 Å². The molecular formula is C19H16N4O3. The van der Waals surface area contributed by atoms with E-state index in [9.17, 15) is 4.79 Å². The average Bonchev–Trinajstić information content (AvgIpc) is 3.11. The van der Waals surface area contributed by atoms with Crippen LogP contribution in [0.15, 0.2) is 54.7 Å². The largest absolute Gasteiger partial charge is 0.489 e. The van der Waals surface area contributed by atoms with Crippen LogP contribution in [-0.2, 0) is 4.74 Å². The lowest BCUT2D eigenvalue weighted by Gasteiger charge is -2.09. The Kier molecular flexibility index (Phi) is 4.18. The van der Waals surface area contributed by atoms with E-state index in [1.165, 1.54) is 4.52 Å². The second-order valence-electron chi connectivity index (χ2n) is 5.70. The van der Waals surface area contributed by atoms with Crippen LogP contribution < -0.4 is 4.74 Å². The molecule has 0 fully saturated rings. The number of benzene rings is 2. The molecule has 0 atom stereocenters. The molecule has 4 aromatic rings. The fraction of sp³-hybridized carbons (Fsp3) is 0.158. The molecule has 2 heterocycles. The lowest BCUT2D eigenvalue weighted by Crippen LogP contribution is -2.13. The number of nitrogens with zero attached hydrogens (tertiary/aromatic N) is 4. The summed E-state index contributed by atoms with van der Waals surface area (Å²) < 4.78 is 12.5. The van der Waals surface area contributed by atoms with Gasteiger partial charge >= 0.3 is 5.97 Å². The van der Waals surface area contributed by atoms with Crippen LogP contribution in [-0.4, -0.2) is 38.8 Å². The number of fused-ring (bicyclic) bond motifs is 2. The molecule has 130 valence electrons. The zero-order chi connectivity index (χ0) is 17.9. The second-order valence-corrected chi connectivity index (χ2v) is 5.70. The van der Waals surface area contributed by atoms with Gasteiger partial charge in [-0.25, -0.2) is 14.3 Å². The highest BCUT2D eigenvalue weighted by atomic mass is 16.6. The van der Waals surface area contributed by atoms with Crippen LogP contribution in [0, 0.1) is 6.92 Å². The monoisotopic (exact) mass is 348 g/mol. The maximum Gasteiger partial charge on any atom is 0.378 e. The van der Waals surface area contributed by atoms with Crippen molar-refractivity contribution in [2.24, 2.45) is 0 Å². The standard InChI is InChI=1S/C19H16N4O3/c1-13-9-10-20-19-21-17(22-23(13)19)18(24)26-12-11-25-16-8-4-6-14-5-2-3-7-15(14)16/h2-10H,11-12H2,1H3. The minimum absolute atomic E-state index is 0.0167. The third-order valence-electron chi connectivity index (χ3n) is 3.94. The number of aromatic nitrogens is 4. The summed E-state index contributed by atoms with van der Waals surface area (Å²) in [6.07, 6.45) is 1.62. The molecule has 0 N–H and O–H groups in total. The van der Waals surface area contributed by atoms with Gasteiger partial charge < -0.3 is 9.47 Å². The van der Waals surface area contributed by atoms with Gasteiger partial charge in [-0.1, -0.05) is 36.4 Å². The van der Waals surface area contributed by atoms with Crippen LogP contribution in [0.2, 0.25) is 0 Å². The van der Waals surface area contributed by atoms with Gasteiger partial charge in [0.05, 0.1) is 0 Å². The molecule has 2 aromatic carbocycles. The predicted octanol–water partition coefficient (Wildman–Crippen LogP) is 2.82. The van der Waals surface area contributed by atoms with Crippen molar-refractivity contribution in [3.8, 4) is 5.75 Å². The number of ether oxygens (including phenoxy) is 2. The maximum absolute atomic E-state index is 12.1. The van der Waals surface area contributed by atoms with Gasteiger partial charge in [0.25, 0.3) is 11.6 Å². The first kappa shape index (κ1) is 16.0. The number of hydrogen-bond donors (Lipinski definition) is 0. The van der Waals surface area contributed by atoms with E-state index >= 15 is 0 Å². The number of carbonyl (C=O) groups excluding carboxylic acids is 1. The van der Waals surface area contributed by atoms with Crippen LogP contribution >= 0.6 is 0 Å². The van der Waals surface area contributed by atoms with Gasteiger partial charge in [-0.3, -0.25) is 0 Å². The summed E-state index contributed by atoms with van der Waals surface area (Å²) in [4.78, 5) is 20.2. The van der Waals surface area contributed by atoms with Crippen LogP contribution in [0.3, 0.4) is 0 Å². The number of rotatable bonds is 5. The predicted molar refractivity (Wildman–Crippen MR) is 95.2 cm³/mol. The van der Waals surface area contributed by atoms with E-state index in [0.717, 1.165) is 22.2 Å². The highest BCUT2D eigenvalue weighted by Gasteiger charge is 2.15. The molecule has 0 saturated carbocycles. The molecule has 0 saturated heterocycles. The first-order valence-electron chi connectivity index (χ1n) is 8.18. The minimum atomic E-state index is -0.601. The molecule has 0 aliphatic carbocycles. The van der Waals surface area contributed by atoms with Crippen molar-refractivity contribution in [3.63, 3.8) is 0 Å². The van der Waals surface area contributed by atoms with Crippen LogP contribution in [0.5, 0.6) is 5.75 Å². The van der Waals surface area contributed by atoms with Gasteiger partial charge in [-0.2, -0.15) is 4.98 Å². The third-order valence-corrected chi connectivity index (χ3v) is 3.94. The van der Waals surface area contributed by atoms with Gasteiger partial charge in [-0.15, -0.1) is 5.10 Å². The van der Waals surface area contributed by atoms with Crippen LogP contribution in [0.25, 0.3) is 16.6 Å². The molecule has 7 nitrogen and oxygen atoms in total. The lowest BCUT2D eigenvalue weighted by molar-refractivity contribution is 0.0437. The van der Waals surface area contributed by atoms with Gasteiger partial charge in [-0.05, 0) is 24.4 Å². The molecular weight excluding hydrogens is 332 g/mol. The topological polar surface area (TPSA) is 78.6 Å². The van der Waals surface area contributed by atoms with Gasteiger partial charge in [0, 0.05) is 17.3 Å². The summed E-state index contributed by atoms with van der Waals surface area (Å²) in [5.74, 6) is 0.502. The second kappa shape index (κ2) is 6.79. The molecule has 0 aliphatic heterocycles. The van der Waals surface area contributed by atoms with Crippen LogP contribution in [0.4, 0.5) is 0 Å². The van der Waals surface area contributed by atoms with Crippen molar-refractivity contribution in [1.29, 1.82) is 0 Å². The first-order chi connectivity index (χ1) is 12.7. The van der Waals surface area contributed by atoms with Crippen molar-refractivity contribution < 1.29 is 14.3 Å². The Hall–Kier alpha value is -3.48. The zero-order valence-corrected chi connectivity index (χ0v) is 14.1. The molecule has 4 rings (SSSR count). The van der Waals surface area contributed by atoms with E-state index in [1.807, 2.05) is 49.4 Å². The zero-order valence-electron chi connectivity index (χ0n) is 14.1. The van der Waals surface area contributed by atoms with E-state index < -0.39 is 5.97 Å². The minimum Gasteiger partial charge on any atom is -0.489 e. The Morgan fingerprint density at radius 1 is 1.08 bits per heavy atom. The Labute approximate surface area is 149 Å². The highest BCUT2D eigenvalue weighted by Crippen LogP contribution is 2.24. The molecule has 0 amide bonds. The maximum atomic E-state index is 12.1. The first-order valence-corrected chi connectivity index (χ1v) is 8.18. The Morgan fingerprint density at radius 3 is 2.81 bits per heavy atom. The molecule has 0 spiro atoms. The van der Waals surface area contributed by atoms with E-state index in [-0.39, 0.29) is 19.0 Å². The Balaban J connectivity index is 1.38. The average molecular weight is 348 g/mol. The number of esters is 1. The van der Waals surface area contributed by atoms with Gasteiger partial charge in [0.2, 0.25) is 0 Å². The summed E-state index contributed by atoms with van der Waals surface area (Å²) in [6.45, 7) is 2.20. The number of aryl methyl sites for hydroxylation is 1. The molecule has 0 radical (unpaired) electrons. The van der Waals surface area contributed by atoms with Gasteiger partial charge in [0.1, 0.15) is 19.0 Å². The Bertz CT molecular complexity index is 1090. The molecule has 7 heteroatoms. The van der Waals surface area contributed by atoms with E-state index in [2.05, 4.69) is 15.1 Å². The fourth-order valence-electron chi connectivity index (χ4n) is 2.67. The summed E-state index contributed by atoms with van der Waals surface area (Å²) >= 11 is 0. The number of carbonyl (C=O) groups is 1. The quantitative estimate of drug-likeness (QED) is 0.408. The smallest absolute Gasteiger partial charge is 0.378 e. The van der Waals surface area contributed by atoms with Crippen LogP contribution in [0.1, 0.15) is 16.3 Å². The molecule has 26 heavy (non-hydrogen) atoms. The molecule has 0 aliphatic rings. The van der Waals surface area contributed by atoms with Crippen molar-refractivity contribution >= 4 is 22.5 Å². The Morgan fingerprint density at radius 2 is 1.92 bits per heavy atom. The lowest BCUT2D eigenvalue weighted by atomic mass is 10.1. The highest BCUT2D eigenvalue weighted by molar-refractivity contribution is 5.88. The van der Waals surface area contributed by atoms with Crippen molar-refractivity contribution in [1.82, 2.24) is 19.6 Å².